The van der Waals surface area contributed by atoms with Crippen molar-refractivity contribution in [3.63, 3.8) is 0 Å². The van der Waals surface area contributed by atoms with E-state index in [4.69, 9.17) is 5.73 Å². The fourth-order valence-corrected chi connectivity index (χ4v) is 1.94. The zero-order chi connectivity index (χ0) is 14.4. The Kier molecular flexibility index (Phi) is 4.85. The summed E-state index contributed by atoms with van der Waals surface area (Å²) in [6.07, 6.45) is 0.645. The number of halogens is 1. The SMILES string of the molecule is NC(=O)c1ccc(CNCCc2ccccc2F)cc1. The van der Waals surface area contributed by atoms with E-state index in [-0.39, 0.29) is 5.82 Å². The Morgan fingerprint density at radius 1 is 1.10 bits per heavy atom. The molecule has 20 heavy (non-hydrogen) atoms. The molecule has 0 unspecified atom stereocenters. The Balaban J connectivity index is 1.79. The lowest BCUT2D eigenvalue weighted by Gasteiger charge is -2.06. The molecule has 0 saturated carbocycles. The lowest BCUT2D eigenvalue weighted by atomic mass is 10.1. The number of primary amides is 1. The monoisotopic (exact) mass is 272 g/mol. The third-order valence-corrected chi connectivity index (χ3v) is 3.10. The van der Waals surface area contributed by atoms with E-state index in [1.54, 1.807) is 24.3 Å². The van der Waals surface area contributed by atoms with Gasteiger partial charge in [0, 0.05) is 12.1 Å². The Morgan fingerprint density at radius 3 is 2.45 bits per heavy atom. The molecule has 2 rings (SSSR count). The van der Waals surface area contributed by atoms with Gasteiger partial charge >= 0.3 is 0 Å². The highest BCUT2D eigenvalue weighted by Crippen LogP contribution is 2.07. The van der Waals surface area contributed by atoms with Crippen molar-refractivity contribution in [3.8, 4) is 0 Å². The topological polar surface area (TPSA) is 55.1 Å². The minimum atomic E-state index is -0.427. The van der Waals surface area contributed by atoms with Crippen LogP contribution in [-0.2, 0) is 13.0 Å². The van der Waals surface area contributed by atoms with Crippen molar-refractivity contribution < 1.29 is 9.18 Å². The predicted molar refractivity (Wildman–Crippen MR) is 76.8 cm³/mol. The van der Waals surface area contributed by atoms with E-state index >= 15 is 0 Å². The van der Waals surface area contributed by atoms with E-state index in [0.717, 1.165) is 5.56 Å². The van der Waals surface area contributed by atoms with Crippen molar-refractivity contribution in [2.75, 3.05) is 6.54 Å². The van der Waals surface area contributed by atoms with Crippen LogP contribution in [0.5, 0.6) is 0 Å². The van der Waals surface area contributed by atoms with Gasteiger partial charge in [0.1, 0.15) is 5.82 Å². The number of carbonyl (C=O) groups excluding carboxylic acids is 1. The van der Waals surface area contributed by atoms with E-state index in [0.29, 0.717) is 30.6 Å². The Labute approximate surface area is 117 Å². The van der Waals surface area contributed by atoms with Crippen LogP contribution in [0.1, 0.15) is 21.5 Å². The molecule has 0 saturated heterocycles. The summed E-state index contributed by atoms with van der Waals surface area (Å²) in [5.74, 6) is -0.593. The zero-order valence-electron chi connectivity index (χ0n) is 11.1. The van der Waals surface area contributed by atoms with Gasteiger partial charge in [-0.05, 0) is 42.3 Å². The molecule has 0 fully saturated rings. The fourth-order valence-electron chi connectivity index (χ4n) is 1.94. The van der Waals surface area contributed by atoms with Gasteiger partial charge in [0.15, 0.2) is 0 Å². The second-order valence-electron chi connectivity index (χ2n) is 4.58. The van der Waals surface area contributed by atoms with Crippen molar-refractivity contribution in [2.24, 2.45) is 5.73 Å². The van der Waals surface area contributed by atoms with Gasteiger partial charge < -0.3 is 11.1 Å². The molecule has 0 heterocycles. The maximum atomic E-state index is 13.4. The smallest absolute Gasteiger partial charge is 0.248 e. The summed E-state index contributed by atoms with van der Waals surface area (Å²) in [5, 5.41) is 3.24. The van der Waals surface area contributed by atoms with Crippen LogP contribution in [0.25, 0.3) is 0 Å². The first-order chi connectivity index (χ1) is 9.66. The number of hydrogen-bond acceptors (Lipinski definition) is 2. The molecule has 0 aliphatic rings. The van der Waals surface area contributed by atoms with Crippen molar-refractivity contribution in [3.05, 3.63) is 71.0 Å². The molecule has 1 amide bonds. The number of amides is 1. The average molecular weight is 272 g/mol. The summed E-state index contributed by atoms with van der Waals surface area (Å²) in [6.45, 7) is 1.37. The van der Waals surface area contributed by atoms with Crippen LogP contribution in [0.3, 0.4) is 0 Å². The molecule has 0 aliphatic carbocycles. The number of hydrogen-bond donors (Lipinski definition) is 2. The van der Waals surface area contributed by atoms with Gasteiger partial charge in [0.2, 0.25) is 5.91 Å². The van der Waals surface area contributed by atoms with Crippen molar-refractivity contribution >= 4 is 5.91 Å². The minimum Gasteiger partial charge on any atom is -0.366 e. The Hall–Kier alpha value is -2.20. The van der Waals surface area contributed by atoms with Crippen LogP contribution >= 0.6 is 0 Å². The van der Waals surface area contributed by atoms with Crippen molar-refractivity contribution in [1.82, 2.24) is 5.32 Å². The Morgan fingerprint density at radius 2 is 1.80 bits per heavy atom. The van der Waals surface area contributed by atoms with Gasteiger partial charge in [-0.2, -0.15) is 0 Å². The summed E-state index contributed by atoms with van der Waals surface area (Å²) in [6, 6.07) is 13.9. The van der Waals surface area contributed by atoms with Crippen molar-refractivity contribution in [2.45, 2.75) is 13.0 Å². The standard InChI is InChI=1S/C16H17FN2O/c17-15-4-2-1-3-13(15)9-10-19-11-12-5-7-14(8-6-12)16(18)20/h1-8,19H,9-11H2,(H2,18,20). The van der Waals surface area contributed by atoms with Gasteiger partial charge in [0.05, 0.1) is 0 Å². The van der Waals surface area contributed by atoms with Crippen LogP contribution in [0.4, 0.5) is 4.39 Å². The summed E-state index contributed by atoms with van der Waals surface area (Å²) in [5.41, 5.74) is 7.45. The molecule has 0 aliphatic heterocycles. The van der Waals surface area contributed by atoms with E-state index in [9.17, 15) is 9.18 Å². The molecule has 104 valence electrons. The van der Waals surface area contributed by atoms with Crippen LogP contribution < -0.4 is 11.1 Å². The largest absolute Gasteiger partial charge is 0.366 e. The molecule has 0 radical (unpaired) electrons. The Bertz CT molecular complexity index is 581. The van der Waals surface area contributed by atoms with E-state index in [1.807, 2.05) is 18.2 Å². The quantitative estimate of drug-likeness (QED) is 0.792. The van der Waals surface area contributed by atoms with Gasteiger partial charge in [0.25, 0.3) is 0 Å². The highest BCUT2D eigenvalue weighted by atomic mass is 19.1. The zero-order valence-corrected chi connectivity index (χ0v) is 11.1. The highest BCUT2D eigenvalue weighted by molar-refractivity contribution is 5.92. The van der Waals surface area contributed by atoms with E-state index < -0.39 is 5.91 Å². The number of nitrogens with two attached hydrogens (primary N) is 1. The molecule has 2 aromatic carbocycles. The maximum absolute atomic E-state index is 13.4. The summed E-state index contributed by atoms with van der Waals surface area (Å²) in [7, 11) is 0. The van der Waals surface area contributed by atoms with Crippen LogP contribution in [0.2, 0.25) is 0 Å². The van der Waals surface area contributed by atoms with Crippen molar-refractivity contribution in [1.29, 1.82) is 0 Å². The predicted octanol–water partition coefficient (Wildman–Crippen LogP) is 2.26. The molecule has 4 heteroatoms. The second kappa shape index (κ2) is 6.82. The number of carbonyl (C=O) groups is 1. The normalized spacial score (nSPS) is 10.4. The first-order valence-corrected chi connectivity index (χ1v) is 6.49. The number of benzene rings is 2. The van der Waals surface area contributed by atoms with Gasteiger partial charge in [-0.3, -0.25) is 4.79 Å². The molecular weight excluding hydrogens is 255 g/mol. The summed E-state index contributed by atoms with van der Waals surface area (Å²) >= 11 is 0. The molecule has 2 aromatic rings. The van der Waals surface area contributed by atoms with Gasteiger partial charge in [-0.25, -0.2) is 4.39 Å². The highest BCUT2D eigenvalue weighted by Gasteiger charge is 2.01. The lowest BCUT2D eigenvalue weighted by Crippen LogP contribution is -2.17. The van der Waals surface area contributed by atoms with Gasteiger partial charge in [-0.1, -0.05) is 30.3 Å². The lowest BCUT2D eigenvalue weighted by molar-refractivity contribution is 0.100. The van der Waals surface area contributed by atoms with Crippen LogP contribution in [-0.4, -0.2) is 12.5 Å². The first-order valence-electron chi connectivity index (χ1n) is 6.49. The van der Waals surface area contributed by atoms with E-state index in [1.165, 1.54) is 6.07 Å². The molecule has 3 N–H and O–H groups in total. The van der Waals surface area contributed by atoms with Gasteiger partial charge in [-0.15, -0.1) is 0 Å². The second-order valence-corrected chi connectivity index (χ2v) is 4.58. The molecule has 0 bridgehead atoms. The molecule has 3 nitrogen and oxygen atoms in total. The molecular formula is C16H17FN2O. The summed E-state index contributed by atoms with van der Waals surface area (Å²) in [4.78, 5) is 10.9. The summed E-state index contributed by atoms with van der Waals surface area (Å²) < 4.78 is 13.4. The maximum Gasteiger partial charge on any atom is 0.248 e. The molecule has 0 atom stereocenters. The minimum absolute atomic E-state index is 0.167. The third kappa shape index (κ3) is 3.90. The van der Waals surface area contributed by atoms with E-state index in [2.05, 4.69) is 5.32 Å². The van der Waals surface area contributed by atoms with Crippen LogP contribution in [0, 0.1) is 5.82 Å². The fraction of sp³-hybridized carbons (Fsp3) is 0.188. The third-order valence-electron chi connectivity index (χ3n) is 3.10. The molecule has 0 aromatic heterocycles. The number of rotatable bonds is 6. The average Bonchev–Trinajstić information content (AvgIpc) is 2.46. The first kappa shape index (κ1) is 14.2. The molecule has 0 spiro atoms. The number of nitrogens with one attached hydrogen (secondary N) is 1. The van der Waals surface area contributed by atoms with Crippen LogP contribution in [0.15, 0.2) is 48.5 Å².